The van der Waals surface area contributed by atoms with Crippen LogP contribution in [-0.4, -0.2) is 35.0 Å². The van der Waals surface area contributed by atoms with Crippen molar-refractivity contribution in [1.29, 1.82) is 0 Å². The highest BCUT2D eigenvalue weighted by atomic mass is 32.1. The van der Waals surface area contributed by atoms with Gasteiger partial charge in [-0.1, -0.05) is 25.3 Å². The Bertz CT molecular complexity index is 517. The van der Waals surface area contributed by atoms with Crippen molar-refractivity contribution in [3.63, 3.8) is 0 Å². The SMILES string of the molecule is C=CCN(CC1CCCCC1)C(=O)c1ccc(C(=O)O)s1. The van der Waals surface area contributed by atoms with E-state index in [0.717, 1.165) is 17.9 Å². The molecular weight excluding hydrogens is 286 g/mol. The molecule has 0 bridgehead atoms. The maximum Gasteiger partial charge on any atom is 0.345 e. The van der Waals surface area contributed by atoms with Crippen molar-refractivity contribution in [2.24, 2.45) is 5.92 Å². The number of carbonyl (C=O) groups excluding carboxylic acids is 1. The molecule has 0 aromatic carbocycles. The molecule has 0 atom stereocenters. The Morgan fingerprint density at radius 3 is 2.52 bits per heavy atom. The van der Waals surface area contributed by atoms with Crippen molar-refractivity contribution < 1.29 is 14.7 Å². The molecule has 1 aliphatic rings. The Morgan fingerprint density at radius 2 is 1.95 bits per heavy atom. The van der Waals surface area contributed by atoms with E-state index >= 15 is 0 Å². The second kappa shape index (κ2) is 7.41. The van der Waals surface area contributed by atoms with Gasteiger partial charge < -0.3 is 10.0 Å². The predicted octanol–water partition coefficient (Wildman–Crippen LogP) is 3.65. The molecule has 0 spiro atoms. The van der Waals surface area contributed by atoms with E-state index in [4.69, 9.17) is 5.11 Å². The standard InChI is InChI=1S/C16H21NO3S/c1-2-10-17(11-12-6-4-3-5-7-12)15(18)13-8-9-14(21-13)16(19)20/h2,8-9,12H,1,3-7,10-11H2,(H,19,20). The first kappa shape index (κ1) is 15.8. The average molecular weight is 307 g/mol. The van der Waals surface area contributed by atoms with E-state index < -0.39 is 5.97 Å². The van der Waals surface area contributed by atoms with Gasteiger partial charge in [0.1, 0.15) is 4.88 Å². The summed E-state index contributed by atoms with van der Waals surface area (Å²) in [5, 5.41) is 8.95. The van der Waals surface area contributed by atoms with Crippen molar-refractivity contribution in [2.45, 2.75) is 32.1 Å². The minimum atomic E-state index is -0.985. The number of carboxylic acids is 1. The molecule has 0 radical (unpaired) electrons. The zero-order chi connectivity index (χ0) is 15.2. The summed E-state index contributed by atoms with van der Waals surface area (Å²) in [7, 11) is 0. The summed E-state index contributed by atoms with van der Waals surface area (Å²) in [4.78, 5) is 25.9. The molecule has 1 aromatic heterocycles. The van der Waals surface area contributed by atoms with Crippen LogP contribution in [0.15, 0.2) is 24.8 Å². The molecule has 2 rings (SSSR count). The monoisotopic (exact) mass is 307 g/mol. The number of thiophene rings is 1. The Hall–Kier alpha value is -1.62. The minimum absolute atomic E-state index is 0.0852. The van der Waals surface area contributed by atoms with Gasteiger partial charge in [0.2, 0.25) is 0 Å². The first-order chi connectivity index (χ1) is 10.1. The molecule has 1 amide bonds. The normalized spacial score (nSPS) is 15.6. The minimum Gasteiger partial charge on any atom is -0.477 e. The third kappa shape index (κ3) is 4.17. The van der Waals surface area contributed by atoms with Crippen molar-refractivity contribution in [1.82, 2.24) is 4.90 Å². The number of hydrogen-bond donors (Lipinski definition) is 1. The maximum atomic E-state index is 12.5. The van der Waals surface area contributed by atoms with Crippen LogP contribution in [-0.2, 0) is 0 Å². The van der Waals surface area contributed by atoms with Gasteiger partial charge >= 0.3 is 5.97 Å². The lowest BCUT2D eigenvalue weighted by atomic mass is 9.89. The largest absolute Gasteiger partial charge is 0.477 e. The molecule has 4 nitrogen and oxygen atoms in total. The molecular formula is C16H21NO3S. The van der Waals surface area contributed by atoms with Crippen LogP contribution in [0.25, 0.3) is 0 Å². The van der Waals surface area contributed by atoms with E-state index in [1.54, 1.807) is 17.0 Å². The number of nitrogens with zero attached hydrogens (tertiary/aromatic N) is 1. The Balaban J connectivity index is 2.06. The van der Waals surface area contributed by atoms with Gasteiger partial charge in [-0.15, -0.1) is 17.9 Å². The fraction of sp³-hybridized carbons (Fsp3) is 0.500. The highest BCUT2D eigenvalue weighted by Crippen LogP contribution is 2.26. The summed E-state index contributed by atoms with van der Waals surface area (Å²) >= 11 is 1.04. The molecule has 1 fully saturated rings. The molecule has 1 aromatic rings. The van der Waals surface area contributed by atoms with Gasteiger partial charge in [-0.05, 0) is 30.9 Å². The van der Waals surface area contributed by atoms with E-state index in [1.807, 2.05) is 0 Å². The maximum absolute atomic E-state index is 12.5. The van der Waals surface area contributed by atoms with Crippen LogP contribution in [0.4, 0.5) is 0 Å². The van der Waals surface area contributed by atoms with Gasteiger partial charge in [-0.2, -0.15) is 0 Å². The van der Waals surface area contributed by atoms with E-state index in [1.165, 1.54) is 38.2 Å². The molecule has 114 valence electrons. The lowest BCUT2D eigenvalue weighted by Gasteiger charge is -2.28. The van der Waals surface area contributed by atoms with Gasteiger partial charge in [0, 0.05) is 13.1 Å². The second-order valence-corrected chi connectivity index (χ2v) is 6.56. The number of carboxylic acid groups (broad SMARTS) is 1. The highest BCUT2D eigenvalue weighted by molar-refractivity contribution is 7.15. The Labute approximate surface area is 129 Å². The molecule has 0 saturated heterocycles. The van der Waals surface area contributed by atoms with E-state index in [9.17, 15) is 9.59 Å². The first-order valence-electron chi connectivity index (χ1n) is 7.35. The average Bonchev–Trinajstić information content (AvgIpc) is 2.97. The first-order valence-corrected chi connectivity index (χ1v) is 8.16. The second-order valence-electron chi connectivity index (χ2n) is 5.47. The summed E-state index contributed by atoms with van der Waals surface area (Å²) in [5.74, 6) is -0.513. The molecule has 1 saturated carbocycles. The third-order valence-electron chi connectivity index (χ3n) is 3.87. The molecule has 1 aliphatic carbocycles. The van der Waals surface area contributed by atoms with Crippen LogP contribution in [0.2, 0.25) is 0 Å². The Morgan fingerprint density at radius 1 is 1.29 bits per heavy atom. The van der Waals surface area contributed by atoms with Gasteiger partial charge in [-0.3, -0.25) is 4.79 Å². The van der Waals surface area contributed by atoms with Gasteiger partial charge in [-0.25, -0.2) is 4.79 Å². The lowest BCUT2D eigenvalue weighted by Crippen LogP contribution is -2.35. The molecule has 5 heteroatoms. The third-order valence-corrected chi connectivity index (χ3v) is 4.93. The van der Waals surface area contributed by atoms with Crippen LogP contribution in [0.5, 0.6) is 0 Å². The van der Waals surface area contributed by atoms with Gasteiger partial charge in [0.25, 0.3) is 5.91 Å². The number of rotatable bonds is 6. The zero-order valence-electron chi connectivity index (χ0n) is 12.1. The van der Waals surface area contributed by atoms with Crippen LogP contribution >= 0.6 is 11.3 Å². The summed E-state index contributed by atoms with van der Waals surface area (Å²) in [6.45, 7) is 4.97. The van der Waals surface area contributed by atoms with Crippen LogP contribution in [0, 0.1) is 5.92 Å². The van der Waals surface area contributed by atoms with Crippen molar-refractivity contribution in [3.8, 4) is 0 Å². The van der Waals surface area contributed by atoms with E-state index in [0.29, 0.717) is 17.3 Å². The smallest absolute Gasteiger partial charge is 0.345 e. The summed E-state index contributed by atoms with van der Waals surface area (Å²) in [6, 6.07) is 3.10. The Kier molecular flexibility index (Phi) is 5.56. The topological polar surface area (TPSA) is 57.6 Å². The van der Waals surface area contributed by atoms with Gasteiger partial charge in [0.15, 0.2) is 0 Å². The number of hydrogen-bond acceptors (Lipinski definition) is 3. The molecule has 0 unspecified atom stereocenters. The number of amides is 1. The van der Waals surface area contributed by atoms with Crippen molar-refractivity contribution >= 4 is 23.2 Å². The van der Waals surface area contributed by atoms with Crippen molar-refractivity contribution in [3.05, 3.63) is 34.5 Å². The fourth-order valence-electron chi connectivity index (χ4n) is 2.80. The zero-order valence-corrected chi connectivity index (χ0v) is 12.9. The van der Waals surface area contributed by atoms with Crippen LogP contribution < -0.4 is 0 Å². The number of carbonyl (C=O) groups is 2. The number of aromatic carboxylic acids is 1. The fourth-order valence-corrected chi connectivity index (χ4v) is 3.61. The summed E-state index contributed by atoms with van der Waals surface area (Å²) < 4.78 is 0. The molecule has 1 heterocycles. The van der Waals surface area contributed by atoms with Gasteiger partial charge in [0.05, 0.1) is 4.88 Å². The van der Waals surface area contributed by atoms with Crippen LogP contribution in [0.3, 0.4) is 0 Å². The highest BCUT2D eigenvalue weighted by Gasteiger charge is 2.22. The molecule has 21 heavy (non-hydrogen) atoms. The summed E-state index contributed by atoms with van der Waals surface area (Å²) in [6.07, 6.45) is 7.84. The molecule has 1 N–H and O–H groups in total. The van der Waals surface area contributed by atoms with Crippen molar-refractivity contribution in [2.75, 3.05) is 13.1 Å². The van der Waals surface area contributed by atoms with E-state index in [-0.39, 0.29) is 10.8 Å². The molecule has 0 aliphatic heterocycles. The summed E-state index contributed by atoms with van der Waals surface area (Å²) in [5.41, 5.74) is 0. The van der Waals surface area contributed by atoms with Crippen LogP contribution in [0.1, 0.15) is 51.4 Å². The lowest BCUT2D eigenvalue weighted by molar-refractivity contribution is 0.0701. The van der Waals surface area contributed by atoms with E-state index in [2.05, 4.69) is 6.58 Å². The predicted molar refractivity (Wildman–Crippen MR) is 84.0 cm³/mol. The quantitative estimate of drug-likeness (QED) is 0.816.